The molecular weight excluding hydrogens is 299 g/mol. The molecule has 0 heterocycles. The molecule has 104 valence electrons. The number of para-hydroxylation sites is 1. The van der Waals surface area contributed by atoms with E-state index in [1.165, 1.54) is 0 Å². The van der Waals surface area contributed by atoms with Crippen molar-refractivity contribution in [2.45, 2.75) is 0 Å². The van der Waals surface area contributed by atoms with Crippen LogP contribution < -0.4 is 15.8 Å². The number of hydrogen-bond acceptors (Lipinski definition) is 3. The first kappa shape index (κ1) is 14.5. The van der Waals surface area contributed by atoms with Gasteiger partial charge in [-0.25, -0.2) is 0 Å². The molecule has 0 saturated carbocycles. The summed E-state index contributed by atoms with van der Waals surface area (Å²) in [5, 5.41) is 3.45. The number of nitrogens with one attached hydrogen (secondary N) is 1. The first-order valence-corrected chi connectivity index (χ1v) is 6.54. The Hall–Kier alpha value is -1.91. The molecule has 0 bridgehead atoms. The molecular formula is C14H12Cl2N2O2. The van der Waals surface area contributed by atoms with Crippen molar-refractivity contribution in [1.82, 2.24) is 0 Å². The molecule has 2 aromatic rings. The lowest BCUT2D eigenvalue weighted by Crippen LogP contribution is -2.20. The van der Waals surface area contributed by atoms with E-state index < -0.39 is 0 Å². The monoisotopic (exact) mass is 310 g/mol. The second kappa shape index (κ2) is 6.50. The third-order valence-electron chi connectivity index (χ3n) is 2.46. The zero-order valence-corrected chi connectivity index (χ0v) is 11.9. The molecule has 20 heavy (non-hydrogen) atoms. The van der Waals surface area contributed by atoms with E-state index in [-0.39, 0.29) is 12.5 Å². The highest BCUT2D eigenvalue weighted by molar-refractivity contribution is 6.34. The van der Waals surface area contributed by atoms with Crippen LogP contribution in [0.3, 0.4) is 0 Å². The Bertz CT molecular complexity index is 632. The number of rotatable bonds is 4. The molecule has 0 spiro atoms. The quantitative estimate of drug-likeness (QED) is 0.848. The lowest BCUT2D eigenvalue weighted by atomic mass is 10.3. The van der Waals surface area contributed by atoms with Crippen LogP contribution in [-0.2, 0) is 4.79 Å². The summed E-state index contributed by atoms with van der Waals surface area (Å²) in [6.07, 6.45) is 0. The Labute approximate surface area is 126 Å². The van der Waals surface area contributed by atoms with Crippen molar-refractivity contribution >= 4 is 40.5 Å². The van der Waals surface area contributed by atoms with Crippen molar-refractivity contribution in [2.24, 2.45) is 0 Å². The average Bonchev–Trinajstić information content (AvgIpc) is 2.41. The Balaban J connectivity index is 1.94. The van der Waals surface area contributed by atoms with Crippen LogP contribution >= 0.6 is 23.2 Å². The molecule has 0 radical (unpaired) electrons. The van der Waals surface area contributed by atoms with Gasteiger partial charge in [0.1, 0.15) is 5.75 Å². The third kappa shape index (κ3) is 3.79. The van der Waals surface area contributed by atoms with Crippen molar-refractivity contribution < 1.29 is 9.53 Å². The molecule has 0 unspecified atom stereocenters. The Morgan fingerprint density at radius 3 is 2.60 bits per heavy atom. The van der Waals surface area contributed by atoms with E-state index in [2.05, 4.69) is 5.32 Å². The number of hydrogen-bond donors (Lipinski definition) is 2. The number of ether oxygens (including phenoxy) is 1. The van der Waals surface area contributed by atoms with E-state index in [1.54, 1.807) is 42.5 Å². The van der Waals surface area contributed by atoms with Gasteiger partial charge in [0.05, 0.1) is 15.7 Å². The van der Waals surface area contributed by atoms with Gasteiger partial charge in [0, 0.05) is 5.69 Å². The highest BCUT2D eigenvalue weighted by Crippen LogP contribution is 2.25. The normalized spacial score (nSPS) is 10.1. The average molecular weight is 311 g/mol. The van der Waals surface area contributed by atoms with Gasteiger partial charge in [0.2, 0.25) is 0 Å². The zero-order chi connectivity index (χ0) is 14.5. The van der Waals surface area contributed by atoms with Crippen molar-refractivity contribution in [3.8, 4) is 5.75 Å². The van der Waals surface area contributed by atoms with Gasteiger partial charge in [-0.05, 0) is 30.3 Å². The molecule has 0 aliphatic heterocycles. The molecule has 0 aromatic heterocycles. The molecule has 3 N–H and O–H groups in total. The number of benzene rings is 2. The van der Waals surface area contributed by atoms with Gasteiger partial charge in [-0.15, -0.1) is 0 Å². The maximum atomic E-state index is 11.8. The van der Waals surface area contributed by atoms with E-state index in [9.17, 15) is 4.79 Å². The molecule has 2 aromatic carbocycles. The van der Waals surface area contributed by atoms with Crippen molar-refractivity contribution in [3.05, 3.63) is 52.5 Å². The zero-order valence-electron chi connectivity index (χ0n) is 10.4. The van der Waals surface area contributed by atoms with Gasteiger partial charge in [0.15, 0.2) is 6.61 Å². The Morgan fingerprint density at radius 2 is 1.90 bits per heavy atom. The van der Waals surface area contributed by atoms with Crippen molar-refractivity contribution in [3.63, 3.8) is 0 Å². The second-order valence-electron chi connectivity index (χ2n) is 4.01. The minimum Gasteiger partial charge on any atom is -0.482 e. The molecule has 0 aliphatic rings. The van der Waals surface area contributed by atoms with Gasteiger partial charge in [-0.1, -0.05) is 35.3 Å². The van der Waals surface area contributed by atoms with E-state index in [0.29, 0.717) is 27.2 Å². The summed E-state index contributed by atoms with van der Waals surface area (Å²) in [7, 11) is 0. The molecule has 4 nitrogen and oxygen atoms in total. The molecule has 0 fully saturated rings. The number of halogens is 2. The predicted octanol–water partition coefficient (Wildman–Crippen LogP) is 3.59. The van der Waals surface area contributed by atoms with E-state index in [4.69, 9.17) is 33.7 Å². The van der Waals surface area contributed by atoms with E-state index in [0.717, 1.165) is 0 Å². The van der Waals surface area contributed by atoms with Gasteiger partial charge in [-0.3, -0.25) is 4.79 Å². The topological polar surface area (TPSA) is 64.3 Å². The van der Waals surface area contributed by atoms with E-state index in [1.807, 2.05) is 0 Å². The third-order valence-corrected chi connectivity index (χ3v) is 3.09. The Kier molecular flexibility index (Phi) is 4.71. The molecule has 1 amide bonds. The maximum Gasteiger partial charge on any atom is 0.262 e. The molecule has 0 aliphatic carbocycles. The minimum atomic E-state index is -0.336. The number of anilines is 2. The lowest BCUT2D eigenvalue weighted by molar-refractivity contribution is -0.118. The highest BCUT2D eigenvalue weighted by atomic mass is 35.5. The first-order chi connectivity index (χ1) is 9.56. The van der Waals surface area contributed by atoms with Crippen LogP contribution in [0.4, 0.5) is 11.4 Å². The number of carbonyl (C=O) groups is 1. The summed E-state index contributed by atoms with van der Waals surface area (Å²) in [6.45, 7) is -0.162. The standard InChI is InChI=1S/C14H12Cl2N2O2/c15-10-3-1-2-4-13(10)20-8-14(19)18-12-6-5-9(17)7-11(12)16/h1-7H,8,17H2,(H,18,19). The fourth-order valence-electron chi connectivity index (χ4n) is 1.52. The van der Waals surface area contributed by atoms with Crippen LogP contribution in [0.2, 0.25) is 10.0 Å². The lowest BCUT2D eigenvalue weighted by Gasteiger charge is -2.10. The second-order valence-corrected chi connectivity index (χ2v) is 4.82. The number of nitrogens with two attached hydrogens (primary N) is 1. The maximum absolute atomic E-state index is 11.8. The predicted molar refractivity (Wildman–Crippen MR) is 81.4 cm³/mol. The molecule has 0 atom stereocenters. The van der Waals surface area contributed by atoms with Crippen LogP contribution in [0.1, 0.15) is 0 Å². The number of amides is 1. The van der Waals surface area contributed by atoms with Gasteiger partial charge in [0.25, 0.3) is 5.91 Å². The molecule has 6 heteroatoms. The summed E-state index contributed by atoms with van der Waals surface area (Å²) < 4.78 is 5.32. The van der Waals surface area contributed by atoms with Gasteiger partial charge < -0.3 is 15.8 Å². The largest absolute Gasteiger partial charge is 0.482 e. The minimum absolute atomic E-state index is 0.162. The van der Waals surface area contributed by atoms with Crippen molar-refractivity contribution in [2.75, 3.05) is 17.7 Å². The van der Waals surface area contributed by atoms with Crippen LogP contribution in [-0.4, -0.2) is 12.5 Å². The molecule has 0 saturated heterocycles. The number of nitrogen functional groups attached to an aromatic ring is 1. The Morgan fingerprint density at radius 1 is 1.15 bits per heavy atom. The summed E-state index contributed by atoms with van der Waals surface area (Å²) in [4.78, 5) is 11.8. The molecule has 2 rings (SSSR count). The van der Waals surface area contributed by atoms with Crippen LogP contribution in [0.5, 0.6) is 5.75 Å². The number of carbonyl (C=O) groups excluding carboxylic acids is 1. The highest BCUT2D eigenvalue weighted by Gasteiger charge is 2.08. The van der Waals surface area contributed by atoms with Gasteiger partial charge >= 0.3 is 0 Å². The summed E-state index contributed by atoms with van der Waals surface area (Å²) in [5.74, 6) is 0.115. The van der Waals surface area contributed by atoms with Crippen LogP contribution in [0.15, 0.2) is 42.5 Å². The van der Waals surface area contributed by atoms with Crippen molar-refractivity contribution in [1.29, 1.82) is 0 Å². The van der Waals surface area contributed by atoms with Crippen LogP contribution in [0.25, 0.3) is 0 Å². The summed E-state index contributed by atoms with van der Waals surface area (Å²) in [5.41, 5.74) is 6.58. The van der Waals surface area contributed by atoms with Gasteiger partial charge in [-0.2, -0.15) is 0 Å². The fraction of sp³-hybridized carbons (Fsp3) is 0.0714. The summed E-state index contributed by atoms with van der Waals surface area (Å²) in [6, 6.07) is 11.8. The SMILES string of the molecule is Nc1ccc(NC(=O)COc2ccccc2Cl)c(Cl)c1. The first-order valence-electron chi connectivity index (χ1n) is 5.78. The van der Waals surface area contributed by atoms with Crippen LogP contribution in [0, 0.1) is 0 Å². The fourth-order valence-corrected chi connectivity index (χ4v) is 1.95. The van der Waals surface area contributed by atoms with E-state index >= 15 is 0 Å². The summed E-state index contributed by atoms with van der Waals surface area (Å²) >= 11 is 11.9. The smallest absolute Gasteiger partial charge is 0.262 e.